The molecule has 0 bridgehead atoms. The lowest BCUT2D eigenvalue weighted by Crippen LogP contribution is -2.49. The molecule has 1 fully saturated rings. The van der Waals surface area contributed by atoms with Crippen LogP contribution in [0.4, 0.5) is 5.95 Å². The van der Waals surface area contributed by atoms with E-state index in [0.717, 1.165) is 17.5 Å². The van der Waals surface area contributed by atoms with Gasteiger partial charge in [0.25, 0.3) is 5.91 Å². The number of sulfonamides is 1. The lowest BCUT2D eigenvalue weighted by molar-refractivity contribution is 0.0705. The smallest absolute Gasteiger partial charge is 0.277 e. The summed E-state index contributed by atoms with van der Waals surface area (Å²) in [6.45, 7) is 1.41. The van der Waals surface area contributed by atoms with E-state index in [4.69, 9.17) is 5.21 Å². The van der Waals surface area contributed by atoms with Crippen LogP contribution in [-0.4, -0.2) is 60.0 Å². The van der Waals surface area contributed by atoms with E-state index in [1.165, 1.54) is 44.4 Å². The molecule has 2 aliphatic rings. The monoisotopic (exact) mass is 527 g/mol. The van der Waals surface area contributed by atoms with Gasteiger partial charge < -0.3 is 4.90 Å². The molecule has 1 saturated heterocycles. The Morgan fingerprint density at radius 2 is 1.47 bits per heavy atom. The molecular weight excluding hydrogens is 502 g/mol. The number of carbonyl (C=O) groups is 1. The van der Waals surface area contributed by atoms with Crippen molar-refractivity contribution in [3.8, 4) is 22.3 Å². The summed E-state index contributed by atoms with van der Waals surface area (Å²) < 4.78 is 28.2. The topological polar surface area (TPSA) is 116 Å². The fraction of sp³-hybridized carbons (Fsp3) is 0.179. The Kier molecular flexibility index (Phi) is 6.15. The molecule has 1 aliphatic carbocycles. The van der Waals surface area contributed by atoms with Gasteiger partial charge >= 0.3 is 0 Å². The van der Waals surface area contributed by atoms with Gasteiger partial charge in [-0.25, -0.2) is 23.9 Å². The molecule has 2 heterocycles. The van der Waals surface area contributed by atoms with Crippen LogP contribution in [0.2, 0.25) is 0 Å². The first-order valence-corrected chi connectivity index (χ1v) is 13.7. The minimum absolute atomic E-state index is 0.130. The maximum absolute atomic E-state index is 13.4. The third-order valence-electron chi connectivity index (χ3n) is 7.18. The van der Waals surface area contributed by atoms with E-state index >= 15 is 0 Å². The van der Waals surface area contributed by atoms with E-state index in [-0.39, 0.29) is 23.5 Å². The summed E-state index contributed by atoms with van der Waals surface area (Å²) >= 11 is 0. The average Bonchev–Trinajstić information content (AvgIpc) is 3.36. The standard InChI is InChI=1S/C28H25N5O4S/c34-27(31-35)21-17-29-28(30-18-21)32-12-14-33(15-13-32)38(36,37)22-10-8-19(9-11-22)23-6-3-7-25-24-5-2-1-4-20(24)16-26(23)25/h1-11,17-18,35H,12-16H2,(H,31,34). The van der Waals surface area contributed by atoms with Crippen molar-refractivity contribution in [2.45, 2.75) is 11.3 Å². The van der Waals surface area contributed by atoms with Crippen LogP contribution in [0.25, 0.3) is 22.3 Å². The van der Waals surface area contributed by atoms with Gasteiger partial charge in [0.05, 0.1) is 10.5 Å². The van der Waals surface area contributed by atoms with Crippen LogP contribution >= 0.6 is 0 Å². The minimum atomic E-state index is -3.66. The summed E-state index contributed by atoms with van der Waals surface area (Å²) in [6.07, 6.45) is 3.51. The fourth-order valence-electron chi connectivity index (χ4n) is 5.18. The number of nitrogens with zero attached hydrogens (tertiary/aromatic N) is 4. The number of benzene rings is 3. The number of hydrogen-bond acceptors (Lipinski definition) is 7. The molecule has 1 aliphatic heterocycles. The summed E-state index contributed by atoms with van der Waals surface area (Å²) in [7, 11) is -3.66. The Balaban J connectivity index is 1.16. The van der Waals surface area contributed by atoms with Gasteiger partial charge in [-0.15, -0.1) is 0 Å². The first kappa shape index (κ1) is 24.2. The number of anilines is 1. The van der Waals surface area contributed by atoms with Crippen molar-refractivity contribution >= 4 is 21.9 Å². The molecule has 0 atom stereocenters. The number of hydrogen-bond donors (Lipinski definition) is 2. The third kappa shape index (κ3) is 4.22. The number of amides is 1. The summed E-state index contributed by atoms with van der Waals surface area (Å²) in [5.74, 6) is -0.293. The summed E-state index contributed by atoms with van der Waals surface area (Å²) in [5, 5.41) is 8.72. The van der Waals surface area contributed by atoms with Crippen molar-refractivity contribution in [2.75, 3.05) is 31.1 Å². The highest BCUT2D eigenvalue weighted by Gasteiger charge is 2.29. The highest BCUT2D eigenvalue weighted by molar-refractivity contribution is 7.89. The van der Waals surface area contributed by atoms with Crippen LogP contribution < -0.4 is 10.4 Å². The van der Waals surface area contributed by atoms with Gasteiger partial charge in [-0.05, 0) is 51.9 Å². The predicted molar refractivity (Wildman–Crippen MR) is 142 cm³/mol. The molecule has 0 spiro atoms. The lowest BCUT2D eigenvalue weighted by atomic mass is 9.96. The van der Waals surface area contributed by atoms with Gasteiger partial charge in [-0.1, -0.05) is 54.6 Å². The van der Waals surface area contributed by atoms with E-state index in [1.807, 2.05) is 17.0 Å². The van der Waals surface area contributed by atoms with E-state index in [9.17, 15) is 13.2 Å². The van der Waals surface area contributed by atoms with Gasteiger partial charge in [-0.2, -0.15) is 4.31 Å². The van der Waals surface area contributed by atoms with Crippen LogP contribution in [-0.2, 0) is 16.4 Å². The number of carbonyl (C=O) groups excluding carboxylic acids is 1. The predicted octanol–water partition coefficient (Wildman–Crippen LogP) is 3.34. The molecule has 9 nitrogen and oxygen atoms in total. The molecule has 0 saturated carbocycles. The zero-order valence-electron chi connectivity index (χ0n) is 20.4. The van der Waals surface area contributed by atoms with Crippen molar-refractivity contribution in [3.63, 3.8) is 0 Å². The van der Waals surface area contributed by atoms with Crippen LogP contribution in [0.3, 0.4) is 0 Å². The SMILES string of the molecule is O=C(NO)c1cnc(N2CCN(S(=O)(=O)c3ccc(-c4cccc5c4Cc4ccccc4-5)cc3)CC2)nc1. The highest BCUT2D eigenvalue weighted by Crippen LogP contribution is 2.41. The molecule has 4 aromatic rings. The number of aromatic nitrogens is 2. The number of piperazine rings is 1. The second kappa shape index (κ2) is 9.64. The Morgan fingerprint density at radius 1 is 0.816 bits per heavy atom. The summed E-state index contributed by atoms with van der Waals surface area (Å²) in [4.78, 5) is 21.9. The maximum atomic E-state index is 13.4. The fourth-order valence-corrected chi connectivity index (χ4v) is 6.60. The Morgan fingerprint density at radius 3 is 2.18 bits per heavy atom. The Bertz CT molecular complexity index is 1610. The number of nitrogens with one attached hydrogen (secondary N) is 1. The normalized spacial score (nSPS) is 15.1. The number of rotatable bonds is 5. The van der Waals surface area contributed by atoms with E-state index in [1.54, 1.807) is 12.1 Å². The van der Waals surface area contributed by atoms with Crippen molar-refractivity contribution in [2.24, 2.45) is 0 Å². The van der Waals surface area contributed by atoms with Crippen LogP contribution in [0.15, 0.2) is 84.0 Å². The molecule has 10 heteroatoms. The molecule has 2 N–H and O–H groups in total. The van der Waals surface area contributed by atoms with Gasteiger partial charge in [0.2, 0.25) is 16.0 Å². The maximum Gasteiger partial charge on any atom is 0.277 e. The zero-order valence-corrected chi connectivity index (χ0v) is 21.2. The van der Waals surface area contributed by atoms with Crippen molar-refractivity contribution in [3.05, 3.63) is 95.8 Å². The van der Waals surface area contributed by atoms with E-state index in [0.29, 0.717) is 19.0 Å². The molecule has 38 heavy (non-hydrogen) atoms. The zero-order chi connectivity index (χ0) is 26.3. The second-order valence-corrected chi connectivity index (χ2v) is 11.2. The molecule has 0 radical (unpaired) electrons. The molecule has 1 amide bonds. The molecule has 1 aromatic heterocycles. The quantitative estimate of drug-likeness (QED) is 0.266. The Labute approximate surface area is 220 Å². The van der Waals surface area contributed by atoms with Crippen LogP contribution in [0, 0.1) is 0 Å². The lowest BCUT2D eigenvalue weighted by Gasteiger charge is -2.34. The van der Waals surface area contributed by atoms with Gasteiger partial charge in [0.15, 0.2) is 0 Å². The molecular formula is C28H25N5O4S. The molecule has 0 unspecified atom stereocenters. The minimum Gasteiger partial charge on any atom is -0.338 e. The first-order valence-electron chi connectivity index (χ1n) is 12.3. The van der Waals surface area contributed by atoms with Gasteiger partial charge in [-0.3, -0.25) is 10.0 Å². The van der Waals surface area contributed by atoms with E-state index in [2.05, 4.69) is 52.4 Å². The summed E-state index contributed by atoms with van der Waals surface area (Å²) in [6, 6.07) is 21.9. The highest BCUT2D eigenvalue weighted by atomic mass is 32.2. The molecule has 3 aromatic carbocycles. The number of fused-ring (bicyclic) bond motifs is 3. The van der Waals surface area contributed by atoms with Crippen LogP contribution in [0.5, 0.6) is 0 Å². The largest absolute Gasteiger partial charge is 0.338 e. The number of hydroxylamine groups is 1. The van der Waals surface area contributed by atoms with E-state index < -0.39 is 15.9 Å². The Hall–Kier alpha value is -4.12. The average molecular weight is 528 g/mol. The third-order valence-corrected chi connectivity index (χ3v) is 9.09. The molecule has 192 valence electrons. The second-order valence-electron chi connectivity index (χ2n) is 9.29. The first-order chi connectivity index (χ1) is 18.5. The van der Waals surface area contributed by atoms with Gasteiger partial charge in [0, 0.05) is 38.6 Å². The molecule has 6 rings (SSSR count). The van der Waals surface area contributed by atoms with Crippen molar-refractivity contribution < 1.29 is 18.4 Å². The van der Waals surface area contributed by atoms with Crippen molar-refractivity contribution in [1.82, 2.24) is 19.8 Å². The van der Waals surface area contributed by atoms with Crippen molar-refractivity contribution in [1.29, 1.82) is 0 Å². The summed E-state index contributed by atoms with van der Waals surface area (Å²) in [5.41, 5.74) is 8.87. The van der Waals surface area contributed by atoms with Crippen LogP contribution in [0.1, 0.15) is 21.5 Å². The van der Waals surface area contributed by atoms with Gasteiger partial charge in [0.1, 0.15) is 0 Å².